The molecule has 1 saturated heterocycles. The van der Waals surface area contributed by atoms with Gasteiger partial charge >= 0.3 is 5.97 Å². The number of ether oxygens (including phenoxy) is 1. The minimum absolute atomic E-state index is 0.123. The van der Waals surface area contributed by atoms with Crippen LogP contribution >= 0.6 is 0 Å². The Kier molecular flexibility index (Phi) is 7.20. The topological polar surface area (TPSA) is 49.9 Å². The lowest BCUT2D eigenvalue weighted by molar-refractivity contribution is -0.156. The van der Waals surface area contributed by atoms with E-state index >= 15 is 0 Å². The zero-order valence-corrected chi connectivity index (χ0v) is 16.4. The van der Waals surface area contributed by atoms with Crippen molar-refractivity contribution in [2.75, 3.05) is 32.8 Å². The monoisotopic (exact) mass is 380 g/mol. The molecular weight excluding hydrogens is 352 g/mol. The summed E-state index contributed by atoms with van der Waals surface area (Å²) in [5.41, 5.74) is 2.24. The highest BCUT2D eigenvalue weighted by Gasteiger charge is 2.33. The van der Waals surface area contributed by atoms with Crippen LogP contribution < -0.4 is 0 Å². The molecule has 1 fully saturated rings. The summed E-state index contributed by atoms with van der Waals surface area (Å²) in [6, 6.07) is 20.0. The first-order valence-corrected chi connectivity index (χ1v) is 9.93. The summed E-state index contributed by atoms with van der Waals surface area (Å²) in [6.07, 6.45) is 0.378. The average Bonchev–Trinajstić information content (AvgIpc) is 2.74. The zero-order chi connectivity index (χ0) is 19.8. The summed E-state index contributed by atoms with van der Waals surface area (Å²) in [7, 11) is 0. The van der Waals surface area contributed by atoms with Gasteiger partial charge in [-0.15, -0.1) is 0 Å². The van der Waals surface area contributed by atoms with Crippen molar-refractivity contribution in [2.45, 2.75) is 19.9 Å². The molecule has 0 N–H and O–H groups in total. The molecule has 3 rings (SSSR count). The van der Waals surface area contributed by atoms with Crippen LogP contribution in [0.15, 0.2) is 60.7 Å². The molecule has 0 bridgehead atoms. The van der Waals surface area contributed by atoms with Crippen molar-refractivity contribution in [1.82, 2.24) is 9.80 Å². The van der Waals surface area contributed by atoms with Gasteiger partial charge in [-0.25, -0.2) is 0 Å². The van der Waals surface area contributed by atoms with Gasteiger partial charge in [-0.2, -0.15) is 0 Å². The second-order valence-electron chi connectivity index (χ2n) is 7.08. The molecule has 1 heterocycles. The summed E-state index contributed by atoms with van der Waals surface area (Å²) in [5.74, 6) is -1.33. The Morgan fingerprint density at radius 1 is 0.893 bits per heavy atom. The van der Waals surface area contributed by atoms with Gasteiger partial charge in [0.1, 0.15) is 5.92 Å². The van der Waals surface area contributed by atoms with E-state index < -0.39 is 11.9 Å². The molecule has 1 aliphatic heterocycles. The van der Waals surface area contributed by atoms with E-state index in [1.807, 2.05) is 53.4 Å². The van der Waals surface area contributed by atoms with Crippen LogP contribution in [0.3, 0.4) is 0 Å². The number of benzene rings is 2. The molecule has 0 spiro atoms. The van der Waals surface area contributed by atoms with Crippen molar-refractivity contribution in [3.63, 3.8) is 0 Å². The molecule has 2 aromatic carbocycles. The van der Waals surface area contributed by atoms with E-state index in [1.54, 1.807) is 6.92 Å². The van der Waals surface area contributed by atoms with Gasteiger partial charge in [0, 0.05) is 32.7 Å². The summed E-state index contributed by atoms with van der Waals surface area (Å²) in [6.45, 7) is 5.82. The quantitative estimate of drug-likeness (QED) is 0.547. The molecule has 28 heavy (non-hydrogen) atoms. The van der Waals surface area contributed by atoms with Crippen LogP contribution in [0.4, 0.5) is 0 Å². The minimum Gasteiger partial charge on any atom is -0.465 e. The number of carbonyl (C=O) groups excluding carboxylic acids is 2. The van der Waals surface area contributed by atoms with Gasteiger partial charge in [0.15, 0.2) is 0 Å². The fourth-order valence-electron chi connectivity index (χ4n) is 3.55. The van der Waals surface area contributed by atoms with Crippen molar-refractivity contribution >= 4 is 11.9 Å². The fraction of sp³-hybridized carbons (Fsp3) is 0.391. The summed E-state index contributed by atoms with van der Waals surface area (Å²) in [5, 5.41) is 0. The first-order valence-electron chi connectivity index (χ1n) is 9.93. The van der Waals surface area contributed by atoms with Gasteiger partial charge in [0.05, 0.1) is 6.61 Å². The lowest BCUT2D eigenvalue weighted by Crippen LogP contribution is -2.51. The van der Waals surface area contributed by atoms with Crippen molar-refractivity contribution in [1.29, 1.82) is 0 Å². The summed E-state index contributed by atoms with van der Waals surface area (Å²) in [4.78, 5) is 29.7. The van der Waals surface area contributed by atoms with E-state index in [4.69, 9.17) is 4.74 Å². The maximum absolute atomic E-state index is 13.1. The molecule has 1 aliphatic rings. The van der Waals surface area contributed by atoms with Gasteiger partial charge in [-0.05, 0) is 24.5 Å². The number of nitrogens with zero attached hydrogens (tertiary/aromatic N) is 2. The second kappa shape index (κ2) is 10.0. The lowest BCUT2D eigenvalue weighted by Gasteiger charge is -2.36. The van der Waals surface area contributed by atoms with E-state index in [0.717, 1.165) is 25.2 Å². The van der Waals surface area contributed by atoms with Gasteiger partial charge in [0.2, 0.25) is 5.91 Å². The van der Waals surface area contributed by atoms with Crippen LogP contribution in [0.2, 0.25) is 0 Å². The first-order chi connectivity index (χ1) is 13.7. The normalized spacial score (nSPS) is 15.8. The standard InChI is InChI=1S/C23H28N2O3/c1-2-28-23(27)21(17-19-9-5-3-6-10-19)22(26)25-15-13-24(14-16-25)18-20-11-7-4-8-12-20/h3-12,21H,2,13-18H2,1H3/t21-/m1/s1. The molecule has 0 aromatic heterocycles. The van der Waals surface area contributed by atoms with E-state index in [2.05, 4.69) is 17.0 Å². The second-order valence-corrected chi connectivity index (χ2v) is 7.08. The van der Waals surface area contributed by atoms with Crippen molar-refractivity contribution in [2.24, 2.45) is 5.92 Å². The van der Waals surface area contributed by atoms with Crippen molar-refractivity contribution in [3.8, 4) is 0 Å². The molecule has 5 heteroatoms. The van der Waals surface area contributed by atoms with Crippen LogP contribution in [0.25, 0.3) is 0 Å². The third-order valence-corrected chi connectivity index (χ3v) is 5.08. The SMILES string of the molecule is CCOC(=O)[C@H](Cc1ccccc1)C(=O)N1CCN(Cc2ccccc2)CC1. The summed E-state index contributed by atoms with van der Waals surface area (Å²) >= 11 is 0. The average molecular weight is 380 g/mol. The van der Waals surface area contributed by atoms with Crippen LogP contribution in [-0.4, -0.2) is 54.5 Å². The molecule has 2 aromatic rings. The number of esters is 1. The number of rotatable bonds is 7. The highest BCUT2D eigenvalue weighted by molar-refractivity contribution is 5.98. The Labute approximate surface area is 166 Å². The lowest BCUT2D eigenvalue weighted by atomic mass is 9.97. The van der Waals surface area contributed by atoms with Gasteiger partial charge in [-0.1, -0.05) is 60.7 Å². The minimum atomic E-state index is -0.775. The Hall–Kier alpha value is -2.66. The number of hydrogen-bond donors (Lipinski definition) is 0. The third kappa shape index (κ3) is 5.42. The molecule has 0 aliphatic carbocycles. The molecular formula is C23H28N2O3. The highest BCUT2D eigenvalue weighted by atomic mass is 16.5. The van der Waals surface area contributed by atoms with E-state index in [-0.39, 0.29) is 12.5 Å². The molecule has 1 atom stereocenters. The number of amides is 1. The molecule has 0 radical (unpaired) electrons. The van der Waals surface area contributed by atoms with Crippen LogP contribution in [0, 0.1) is 5.92 Å². The summed E-state index contributed by atoms with van der Waals surface area (Å²) < 4.78 is 5.19. The Morgan fingerprint density at radius 3 is 2.04 bits per heavy atom. The first kappa shape index (κ1) is 20.1. The number of piperazine rings is 1. The van der Waals surface area contributed by atoms with E-state index in [0.29, 0.717) is 19.5 Å². The maximum atomic E-state index is 13.1. The van der Waals surface area contributed by atoms with Crippen LogP contribution in [0.5, 0.6) is 0 Å². The smallest absolute Gasteiger partial charge is 0.318 e. The third-order valence-electron chi connectivity index (χ3n) is 5.08. The van der Waals surface area contributed by atoms with E-state index in [9.17, 15) is 9.59 Å². The van der Waals surface area contributed by atoms with Crippen molar-refractivity contribution < 1.29 is 14.3 Å². The number of hydrogen-bond acceptors (Lipinski definition) is 4. The van der Waals surface area contributed by atoms with Crippen molar-refractivity contribution in [3.05, 3.63) is 71.8 Å². The molecule has 1 amide bonds. The highest BCUT2D eigenvalue weighted by Crippen LogP contribution is 2.16. The maximum Gasteiger partial charge on any atom is 0.318 e. The van der Waals surface area contributed by atoms with E-state index in [1.165, 1.54) is 5.56 Å². The largest absolute Gasteiger partial charge is 0.465 e. The Balaban J connectivity index is 1.60. The molecule has 148 valence electrons. The predicted octanol–water partition coefficient (Wildman–Crippen LogP) is 2.75. The number of carbonyl (C=O) groups is 2. The zero-order valence-electron chi connectivity index (χ0n) is 16.4. The molecule has 0 unspecified atom stereocenters. The van der Waals surface area contributed by atoms with Gasteiger partial charge in [-0.3, -0.25) is 14.5 Å². The van der Waals surface area contributed by atoms with Gasteiger partial charge < -0.3 is 9.64 Å². The Bertz CT molecular complexity index is 756. The molecule has 0 saturated carbocycles. The molecule has 5 nitrogen and oxygen atoms in total. The Morgan fingerprint density at radius 2 is 1.46 bits per heavy atom. The predicted molar refractivity (Wildman–Crippen MR) is 109 cm³/mol. The van der Waals surface area contributed by atoms with Crippen LogP contribution in [-0.2, 0) is 27.3 Å². The van der Waals surface area contributed by atoms with Gasteiger partial charge in [0.25, 0.3) is 0 Å². The van der Waals surface area contributed by atoms with Crippen LogP contribution in [0.1, 0.15) is 18.1 Å². The fourth-order valence-corrected chi connectivity index (χ4v) is 3.55.